The zero-order valence-corrected chi connectivity index (χ0v) is 9.33. The molecule has 2 aliphatic heterocycles. The fourth-order valence-corrected chi connectivity index (χ4v) is 2.67. The average molecular weight is 238 g/mol. The zero-order chi connectivity index (χ0) is 11.8. The summed E-state index contributed by atoms with van der Waals surface area (Å²) in [5.74, 6) is 0. The zero-order valence-electron chi connectivity index (χ0n) is 9.33. The largest absolute Gasteiger partial charge is 0.522 e. The number of rotatable bonds is 3. The molecule has 0 aromatic rings. The summed E-state index contributed by atoms with van der Waals surface area (Å²) >= 11 is 0. The molecule has 0 N–H and O–H groups in total. The summed E-state index contributed by atoms with van der Waals surface area (Å²) in [5, 5.41) is 0. The lowest BCUT2D eigenvalue weighted by Gasteiger charge is -2.38. The summed E-state index contributed by atoms with van der Waals surface area (Å²) in [4.78, 5) is 4.43. The van der Waals surface area contributed by atoms with Gasteiger partial charge in [0.1, 0.15) is 0 Å². The van der Waals surface area contributed by atoms with Crippen LogP contribution < -0.4 is 0 Å². The van der Waals surface area contributed by atoms with Crippen LogP contribution in [0, 0.1) is 0 Å². The maximum absolute atomic E-state index is 11.8. The predicted molar refractivity (Wildman–Crippen MR) is 53.0 cm³/mol. The first kappa shape index (κ1) is 12.1. The standard InChI is InChI=1S/C10H17F3N2O/c1-14-8-2-3-9(14)7-15(6-8)4-5-16-10(11,12)13/h8-9H,2-7H2,1H3. The molecule has 2 atom stereocenters. The molecular weight excluding hydrogens is 221 g/mol. The molecule has 2 rings (SSSR count). The first-order valence-electron chi connectivity index (χ1n) is 5.61. The number of halogens is 3. The lowest BCUT2D eigenvalue weighted by Crippen LogP contribution is -2.52. The highest BCUT2D eigenvalue weighted by molar-refractivity contribution is 4.93. The highest BCUT2D eigenvalue weighted by Crippen LogP contribution is 2.28. The van der Waals surface area contributed by atoms with E-state index in [0.29, 0.717) is 18.6 Å². The van der Waals surface area contributed by atoms with Gasteiger partial charge in [-0.05, 0) is 19.9 Å². The lowest BCUT2D eigenvalue weighted by atomic mass is 10.2. The van der Waals surface area contributed by atoms with Crippen LogP contribution in [0.15, 0.2) is 0 Å². The van der Waals surface area contributed by atoms with Crippen molar-refractivity contribution in [3.63, 3.8) is 0 Å². The van der Waals surface area contributed by atoms with Crippen molar-refractivity contribution in [1.82, 2.24) is 9.80 Å². The van der Waals surface area contributed by atoms with E-state index in [1.165, 1.54) is 0 Å². The van der Waals surface area contributed by atoms with E-state index in [4.69, 9.17) is 0 Å². The molecule has 2 unspecified atom stereocenters. The van der Waals surface area contributed by atoms with Crippen LogP contribution in [0.25, 0.3) is 0 Å². The first-order valence-corrected chi connectivity index (χ1v) is 5.61. The monoisotopic (exact) mass is 238 g/mol. The number of ether oxygens (including phenoxy) is 1. The van der Waals surface area contributed by atoms with Crippen molar-refractivity contribution in [3.8, 4) is 0 Å². The Morgan fingerprint density at radius 1 is 1.19 bits per heavy atom. The number of likely N-dealkylation sites (N-methyl/N-ethyl adjacent to an activating group) is 1. The summed E-state index contributed by atoms with van der Waals surface area (Å²) in [5.41, 5.74) is 0. The van der Waals surface area contributed by atoms with Crippen LogP contribution in [0.5, 0.6) is 0 Å². The minimum absolute atomic E-state index is 0.257. The van der Waals surface area contributed by atoms with Crippen molar-refractivity contribution in [2.75, 3.05) is 33.3 Å². The van der Waals surface area contributed by atoms with Gasteiger partial charge >= 0.3 is 6.36 Å². The van der Waals surface area contributed by atoms with E-state index in [1.807, 2.05) is 0 Å². The fourth-order valence-electron chi connectivity index (χ4n) is 2.67. The smallest absolute Gasteiger partial charge is 0.298 e. The molecule has 0 aromatic carbocycles. The molecule has 2 aliphatic rings. The van der Waals surface area contributed by atoms with Crippen LogP contribution in [-0.4, -0.2) is 61.5 Å². The molecular formula is C10H17F3N2O. The molecule has 0 amide bonds. The third-order valence-corrected chi connectivity index (χ3v) is 3.60. The summed E-state index contributed by atoms with van der Waals surface area (Å²) in [6.45, 7) is 1.86. The Kier molecular flexibility index (Phi) is 3.42. The molecule has 94 valence electrons. The fraction of sp³-hybridized carbons (Fsp3) is 1.00. The summed E-state index contributed by atoms with van der Waals surface area (Å²) in [6.07, 6.45) is -2.17. The van der Waals surface area contributed by atoms with Crippen molar-refractivity contribution in [2.24, 2.45) is 0 Å². The quantitative estimate of drug-likeness (QED) is 0.737. The molecule has 2 heterocycles. The number of alkyl halides is 3. The number of likely N-dealkylation sites (tertiary alicyclic amines) is 1. The summed E-state index contributed by atoms with van der Waals surface area (Å²) in [6, 6.07) is 1.04. The van der Waals surface area contributed by atoms with Crippen LogP contribution in [0.3, 0.4) is 0 Å². The van der Waals surface area contributed by atoms with Gasteiger partial charge in [0.05, 0.1) is 6.61 Å². The minimum Gasteiger partial charge on any atom is -0.298 e. The van der Waals surface area contributed by atoms with E-state index in [2.05, 4.69) is 21.6 Å². The Bertz CT molecular complexity index is 233. The molecule has 2 fully saturated rings. The van der Waals surface area contributed by atoms with Gasteiger partial charge in [0.2, 0.25) is 0 Å². The van der Waals surface area contributed by atoms with Crippen LogP contribution in [0.2, 0.25) is 0 Å². The third-order valence-electron chi connectivity index (χ3n) is 3.60. The first-order chi connectivity index (χ1) is 7.46. The van der Waals surface area contributed by atoms with E-state index in [9.17, 15) is 13.2 Å². The molecule has 6 heteroatoms. The topological polar surface area (TPSA) is 15.7 Å². The predicted octanol–water partition coefficient (Wildman–Crippen LogP) is 1.30. The van der Waals surface area contributed by atoms with E-state index >= 15 is 0 Å². The highest BCUT2D eigenvalue weighted by atomic mass is 19.4. The van der Waals surface area contributed by atoms with E-state index < -0.39 is 6.36 Å². The van der Waals surface area contributed by atoms with Crippen molar-refractivity contribution in [2.45, 2.75) is 31.3 Å². The Hall–Kier alpha value is -0.330. The van der Waals surface area contributed by atoms with Gasteiger partial charge in [0.15, 0.2) is 0 Å². The molecule has 0 aliphatic carbocycles. The maximum Gasteiger partial charge on any atom is 0.522 e. The molecule has 16 heavy (non-hydrogen) atoms. The van der Waals surface area contributed by atoms with Crippen LogP contribution in [-0.2, 0) is 4.74 Å². The van der Waals surface area contributed by atoms with Crippen molar-refractivity contribution >= 4 is 0 Å². The van der Waals surface area contributed by atoms with Gasteiger partial charge < -0.3 is 0 Å². The minimum atomic E-state index is -4.49. The SMILES string of the molecule is CN1C2CCC1CN(CCOC(F)(F)F)C2. The Morgan fingerprint density at radius 3 is 2.25 bits per heavy atom. The number of hydrogen-bond donors (Lipinski definition) is 0. The second-order valence-corrected chi connectivity index (χ2v) is 4.60. The molecule has 0 aromatic heterocycles. The van der Waals surface area contributed by atoms with Gasteiger partial charge in [-0.2, -0.15) is 0 Å². The van der Waals surface area contributed by atoms with Gasteiger partial charge in [0.25, 0.3) is 0 Å². The number of hydrogen-bond acceptors (Lipinski definition) is 3. The Balaban J connectivity index is 1.73. The number of nitrogens with zero attached hydrogens (tertiary/aromatic N) is 2. The second-order valence-electron chi connectivity index (χ2n) is 4.60. The maximum atomic E-state index is 11.8. The summed E-state index contributed by atoms with van der Waals surface area (Å²) < 4.78 is 39.2. The van der Waals surface area contributed by atoms with E-state index in [1.54, 1.807) is 0 Å². The van der Waals surface area contributed by atoms with E-state index in [-0.39, 0.29) is 6.61 Å². The van der Waals surface area contributed by atoms with Crippen LogP contribution in [0.1, 0.15) is 12.8 Å². The van der Waals surface area contributed by atoms with Gasteiger partial charge in [-0.25, -0.2) is 0 Å². The molecule has 0 saturated carbocycles. The number of fused-ring (bicyclic) bond motifs is 2. The van der Waals surface area contributed by atoms with E-state index in [0.717, 1.165) is 25.9 Å². The molecule has 2 bridgehead atoms. The normalized spacial score (nSPS) is 32.2. The van der Waals surface area contributed by atoms with Gasteiger partial charge in [0, 0.05) is 31.7 Å². The molecule has 3 nitrogen and oxygen atoms in total. The van der Waals surface area contributed by atoms with Gasteiger partial charge in [-0.3, -0.25) is 14.5 Å². The number of piperazine rings is 1. The van der Waals surface area contributed by atoms with Crippen LogP contribution in [0.4, 0.5) is 13.2 Å². The van der Waals surface area contributed by atoms with Crippen molar-refractivity contribution in [1.29, 1.82) is 0 Å². The van der Waals surface area contributed by atoms with Gasteiger partial charge in [-0.15, -0.1) is 13.2 Å². The second kappa shape index (κ2) is 4.50. The highest BCUT2D eigenvalue weighted by Gasteiger charge is 2.37. The third kappa shape index (κ3) is 2.87. The van der Waals surface area contributed by atoms with Crippen molar-refractivity contribution < 1.29 is 17.9 Å². The molecule has 0 radical (unpaired) electrons. The Morgan fingerprint density at radius 2 is 1.75 bits per heavy atom. The average Bonchev–Trinajstić information content (AvgIpc) is 2.41. The lowest BCUT2D eigenvalue weighted by molar-refractivity contribution is -0.325. The Labute approximate surface area is 93.1 Å². The molecule has 0 spiro atoms. The summed E-state index contributed by atoms with van der Waals surface area (Å²) in [7, 11) is 2.10. The van der Waals surface area contributed by atoms with Crippen LogP contribution >= 0.6 is 0 Å². The van der Waals surface area contributed by atoms with Gasteiger partial charge in [-0.1, -0.05) is 0 Å². The molecule has 2 saturated heterocycles. The van der Waals surface area contributed by atoms with Crippen molar-refractivity contribution in [3.05, 3.63) is 0 Å².